The molecule has 2 atom stereocenters. The van der Waals surface area contributed by atoms with E-state index in [1.54, 1.807) is 19.3 Å². The predicted octanol–water partition coefficient (Wildman–Crippen LogP) is 1.20. The number of fused-ring (bicyclic) bond motifs is 1. The molecule has 0 bridgehead atoms. The highest BCUT2D eigenvalue weighted by atomic mass is 35.5. The maximum Gasteiger partial charge on any atom is 0.228 e. The third-order valence-corrected chi connectivity index (χ3v) is 5.05. The van der Waals surface area contributed by atoms with Crippen LogP contribution in [0.1, 0.15) is 12.0 Å². The molecule has 1 aromatic rings. The number of nitrogens with zero attached hydrogens (tertiary/aromatic N) is 3. The van der Waals surface area contributed by atoms with Crippen LogP contribution in [0, 0.1) is 22.7 Å². The zero-order valence-electron chi connectivity index (χ0n) is 12.3. The third kappa shape index (κ3) is 2.21. The Labute approximate surface area is 134 Å². The van der Waals surface area contributed by atoms with Crippen molar-refractivity contribution < 1.29 is 9.53 Å². The molecule has 2 aliphatic heterocycles. The molecule has 6 nitrogen and oxygen atoms in total. The average Bonchev–Trinajstić information content (AvgIpc) is 2.94. The van der Waals surface area contributed by atoms with Crippen LogP contribution in [0.25, 0.3) is 0 Å². The molecule has 1 N–H and O–H groups in total. The van der Waals surface area contributed by atoms with Crippen molar-refractivity contribution in [2.24, 2.45) is 11.3 Å². The zero-order chi connectivity index (χ0) is 15.7. The van der Waals surface area contributed by atoms with Crippen molar-refractivity contribution in [3.05, 3.63) is 22.8 Å². The van der Waals surface area contributed by atoms with E-state index >= 15 is 0 Å². The monoisotopic (exact) mass is 320 g/mol. The molecule has 0 unspecified atom stereocenters. The SMILES string of the molecule is CNC(=O)[C@]12CCOC[C@H]1CN(c1nccc(C#N)c1Cl)C2. The van der Waals surface area contributed by atoms with Crippen molar-refractivity contribution in [1.29, 1.82) is 5.26 Å². The highest BCUT2D eigenvalue weighted by Crippen LogP contribution is 2.44. The van der Waals surface area contributed by atoms with Gasteiger partial charge in [-0.05, 0) is 12.5 Å². The Bertz CT molecular complexity index is 645. The summed E-state index contributed by atoms with van der Waals surface area (Å²) in [6.45, 7) is 2.33. The fourth-order valence-electron chi connectivity index (χ4n) is 3.47. The normalized spacial score (nSPS) is 27.1. The second-order valence-electron chi connectivity index (χ2n) is 5.75. The maximum atomic E-state index is 12.5. The van der Waals surface area contributed by atoms with Gasteiger partial charge in [-0.25, -0.2) is 4.98 Å². The number of nitriles is 1. The molecule has 2 aliphatic rings. The van der Waals surface area contributed by atoms with E-state index < -0.39 is 5.41 Å². The Balaban J connectivity index is 1.96. The zero-order valence-corrected chi connectivity index (χ0v) is 13.1. The lowest BCUT2D eigenvalue weighted by Gasteiger charge is -2.36. The fourth-order valence-corrected chi connectivity index (χ4v) is 3.74. The van der Waals surface area contributed by atoms with Crippen LogP contribution in [-0.4, -0.2) is 44.2 Å². The molecule has 3 rings (SSSR count). The molecule has 0 aliphatic carbocycles. The van der Waals surface area contributed by atoms with Gasteiger partial charge in [0.15, 0.2) is 0 Å². The van der Waals surface area contributed by atoms with Gasteiger partial charge in [0.1, 0.15) is 16.9 Å². The number of carbonyl (C=O) groups is 1. The first-order valence-corrected chi connectivity index (χ1v) is 7.59. The number of nitrogens with one attached hydrogen (secondary N) is 1. The molecular formula is C15H17ClN4O2. The molecule has 3 heterocycles. The van der Waals surface area contributed by atoms with Crippen LogP contribution in [0.5, 0.6) is 0 Å². The van der Waals surface area contributed by atoms with Gasteiger partial charge < -0.3 is 15.0 Å². The molecule has 7 heteroatoms. The van der Waals surface area contributed by atoms with Gasteiger partial charge in [0.25, 0.3) is 0 Å². The lowest BCUT2D eigenvalue weighted by molar-refractivity contribution is -0.138. The van der Waals surface area contributed by atoms with E-state index in [9.17, 15) is 4.79 Å². The van der Waals surface area contributed by atoms with Gasteiger partial charge in [0.2, 0.25) is 5.91 Å². The molecular weight excluding hydrogens is 304 g/mol. The van der Waals surface area contributed by atoms with Crippen LogP contribution in [0.3, 0.4) is 0 Å². The molecule has 0 aromatic carbocycles. The van der Waals surface area contributed by atoms with Crippen molar-refractivity contribution in [3.63, 3.8) is 0 Å². The minimum atomic E-state index is -0.472. The first-order chi connectivity index (χ1) is 10.6. The van der Waals surface area contributed by atoms with E-state index in [0.29, 0.717) is 49.1 Å². The molecule has 0 spiro atoms. The quantitative estimate of drug-likeness (QED) is 0.885. The standard InChI is InChI=1S/C15H17ClN4O2/c1-18-14(21)15-3-5-22-8-11(15)7-20(9-15)13-12(16)10(6-17)2-4-19-13/h2,4,11H,3,5,7-9H2,1H3,(H,18,21)/t11-,15+/m1/s1. The van der Waals surface area contributed by atoms with E-state index in [2.05, 4.69) is 16.4 Å². The summed E-state index contributed by atoms with van der Waals surface area (Å²) in [4.78, 5) is 18.8. The van der Waals surface area contributed by atoms with Crippen molar-refractivity contribution in [2.45, 2.75) is 6.42 Å². The van der Waals surface area contributed by atoms with Crippen molar-refractivity contribution in [2.75, 3.05) is 38.3 Å². The maximum absolute atomic E-state index is 12.5. The molecule has 0 radical (unpaired) electrons. The van der Waals surface area contributed by atoms with Crippen LogP contribution < -0.4 is 10.2 Å². The lowest BCUT2D eigenvalue weighted by atomic mass is 9.73. The van der Waals surface area contributed by atoms with Crippen LogP contribution in [-0.2, 0) is 9.53 Å². The largest absolute Gasteiger partial charge is 0.381 e. The van der Waals surface area contributed by atoms with Gasteiger partial charge in [-0.3, -0.25) is 4.79 Å². The first kappa shape index (κ1) is 15.1. The molecule has 116 valence electrons. The molecule has 22 heavy (non-hydrogen) atoms. The van der Waals surface area contributed by atoms with Crippen molar-refractivity contribution in [3.8, 4) is 6.07 Å². The number of amides is 1. The van der Waals surface area contributed by atoms with Crippen LogP contribution in [0.4, 0.5) is 5.82 Å². The molecule has 2 saturated heterocycles. The van der Waals surface area contributed by atoms with Gasteiger partial charge in [-0.2, -0.15) is 5.26 Å². The van der Waals surface area contributed by atoms with E-state index in [0.717, 1.165) is 0 Å². The Morgan fingerprint density at radius 3 is 3.23 bits per heavy atom. The number of ether oxygens (including phenoxy) is 1. The summed E-state index contributed by atoms with van der Waals surface area (Å²) in [6.07, 6.45) is 2.26. The molecule has 2 fully saturated rings. The topological polar surface area (TPSA) is 78.2 Å². The minimum Gasteiger partial charge on any atom is -0.381 e. The highest BCUT2D eigenvalue weighted by Gasteiger charge is 2.53. The Hall–Kier alpha value is -1.84. The first-order valence-electron chi connectivity index (χ1n) is 7.22. The summed E-state index contributed by atoms with van der Waals surface area (Å²) in [5.74, 6) is 0.707. The number of pyridine rings is 1. The third-order valence-electron chi connectivity index (χ3n) is 4.68. The van der Waals surface area contributed by atoms with Gasteiger partial charge in [-0.15, -0.1) is 0 Å². The summed E-state index contributed by atoms with van der Waals surface area (Å²) in [7, 11) is 1.66. The molecule has 1 amide bonds. The fraction of sp³-hybridized carbons (Fsp3) is 0.533. The highest BCUT2D eigenvalue weighted by molar-refractivity contribution is 6.34. The average molecular weight is 321 g/mol. The smallest absolute Gasteiger partial charge is 0.228 e. The van der Waals surface area contributed by atoms with Crippen LogP contribution in [0.15, 0.2) is 12.3 Å². The second-order valence-corrected chi connectivity index (χ2v) is 6.12. The van der Waals surface area contributed by atoms with Gasteiger partial charge in [-0.1, -0.05) is 11.6 Å². The summed E-state index contributed by atoms with van der Waals surface area (Å²) in [5, 5.41) is 12.2. The Morgan fingerprint density at radius 2 is 2.50 bits per heavy atom. The molecule has 0 saturated carbocycles. The summed E-state index contributed by atoms with van der Waals surface area (Å²) in [6, 6.07) is 3.65. The van der Waals surface area contributed by atoms with Gasteiger partial charge in [0, 0.05) is 38.9 Å². The van der Waals surface area contributed by atoms with Crippen LogP contribution in [0.2, 0.25) is 5.02 Å². The number of halogens is 1. The number of anilines is 1. The number of rotatable bonds is 2. The van der Waals surface area contributed by atoms with Gasteiger partial charge >= 0.3 is 0 Å². The van der Waals surface area contributed by atoms with Gasteiger partial charge in [0.05, 0.1) is 17.6 Å². The second kappa shape index (κ2) is 5.75. The predicted molar refractivity (Wildman–Crippen MR) is 81.6 cm³/mol. The minimum absolute atomic E-state index is 0.0378. The van der Waals surface area contributed by atoms with Crippen molar-refractivity contribution >= 4 is 23.3 Å². The Morgan fingerprint density at radius 1 is 1.68 bits per heavy atom. The van der Waals surface area contributed by atoms with E-state index in [1.807, 2.05) is 4.90 Å². The number of carbonyl (C=O) groups excluding carboxylic acids is 1. The lowest BCUT2D eigenvalue weighted by Crippen LogP contribution is -2.49. The summed E-state index contributed by atoms with van der Waals surface area (Å²) in [5.41, 5.74) is -0.0764. The number of hydrogen-bond acceptors (Lipinski definition) is 5. The van der Waals surface area contributed by atoms with E-state index in [1.165, 1.54) is 0 Å². The summed E-state index contributed by atoms with van der Waals surface area (Å²) < 4.78 is 5.55. The molecule has 1 aromatic heterocycles. The Kier molecular flexibility index (Phi) is 3.94. The van der Waals surface area contributed by atoms with Crippen molar-refractivity contribution in [1.82, 2.24) is 10.3 Å². The number of aromatic nitrogens is 1. The summed E-state index contributed by atoms with van der Waals surface area (Å²) >= 11 is 6.29. The van der Waals surface area contributed by atoms with E-state index in [4.69, 9.17) is 21.6 Å². The number of hydrogen-bond donors (Lipinski definition) is 1. The van der Waals surface area contributed by atoms with E-state index in [-0.39, 0.29) is 11.8 Å². The van der Waals surface area contributed by atoms with Crippen LogP contribution >= 0.6 is 11.6 Å².